The predicted molar refractivity (Wildman–Crippen MR) is 106 cm³/mol. The SMILES string of the molecule is Cc1ccc(OS(=O)NC2C(CC=CCCCC(=O)O)[C@H]3CC[C@@H]2C3)cc1. The Bertz CT molecular complexity index is 688. The fourth-order valence-corrected chi connectivity index (χ4v) is 5.42. The minimum Gasteiger partial charge on any atom is -0.481 e. The van der Waals surface area contributed by atoms with Crippen LogP contribution in [0.15, 0.2) is 36.4 Å². The number of fused-ring (bicyclic) bond motifs is 2. The first-order valence-corrected chi connectivity index (χ1v) is 10.9. The van der Waals surface area contributed by atoms with Gasteiger partial charge in [0.05, 0.1) is 0 Å². The van der Waals surface area contributed by atoms with Crippen molar-refractivity contribution in [2.24, 2.45) is 17.8 Å². The van der Waals surface area contributed by atoms with Crippen LogP contribution in [0.4, 0.5) is 0 Å². The molecule has 5 nitrogen and oxygen atoms in total. The third-order valence-electron chi connectivity index (χ3n) is 5.85. The van der Waals surface area contributed by atoms with Crippen LogP contribution in [0.25, 0.3) is 0 Å². The number of benzene rings is 1. The smallest absolute Gasteiger partial charge is 0.303 e. The molecule has 2 saturated carbocycles. The van der Waals surface area contributed by atoms with E-state index in [0.29, 0.717) is 29.9 Å². The maximum Gasteiger partial charge on any atom is 0.303 e. The van der Waals surface area contributed by atoms with Gasteiger partial charge in [-0.2, -0.15) is 4.21 Å². The second-order valence-corrected chi connectivity index (χ2v) is 8.64. The molecule has 0 amide bonds. The third-order valence-corrected chi connectivity index (χ3v) is 6.66. The molecule has 5 atom stereocenters. The number of carbonyl (C=O) groups is 1. The molecule has 6 heteroatoms. The van der Waals surface area contributed by atoms with Gasteiger partial charge in [0.25, 0.3) is 11.3 Å². The van der Waals surface area contributed by atoms with Gasteiger partial charge in [0.2, 0.25) is 0 Å². The molecule has 0 spiro atoms. The first kappa shape index (κ1) is 20.1. The third kappa shape index (κ3) is 5.66. The minimum atomic E-state index is -1.54. The van der Waals surface area contributed by atoms with Crippen LogP contribution >= 0.6 is 0 Å². The van der Waals surface area contributed by atoms with Gasteiger partial charge in [-0.15, -0.1) is 0 Å². The lowest BCUT2D eigenvalue weighted by molar-refractivity contribution is -0.137. The largest absolute Gasteiger partial charge is 0.481 e. The molecule has 1 aromatic rings. The van der Waals surface area contributed by atoms with Crippen molar-refractivity contribution in [2.75, 3.05) is 0 Å². The number of hydrogen-bond acceptors (Lipinski definition) is 3. The normalized spacial score (nSPS) is 27.9. The van der Waals surface area contributed by atoms with Crippen LogP contribution < -0.4 is 8.91 Å². The number of rotatable bonds is 10. The first-order chi connectivity index (χ1) is 13.0. The maximum absolute atomic E-state index is 12.5. The Labute approximate surface area is 164 Å². The zero-order chi connectivity index (χ0) is 19.2. The van der Waals surface area contributed by atoms with Crippen molar-refractivity contribution in [1.29, 1.82) is 0 Å². The van der Waals surface area contributed by atoms with Gasteiger partial charge in [-0.25, -0.2) is 4.72 Å². The standard InChI is InChI=1S/C21H29NO4S/c1-15-8-12-18(13-9-15)26-27(25)22-21-17-11-10-16(14-17)19(21)6-4-2-3-5-7-20(23)24/h2,4,8-9,12-13,16-17,19,21-22H,3,5-7,10-11,14H2,1H3,(H,23,24)/t16-,17+,19?,21?,27?/m0/s1. The number of carboxylic acid groups (broad SMARTS) is 1. The topological polar surface area (TPSA) is 75.6 Å². The number of aliphatic carboxylic acids is 1. The van der Waals surface area contributed by atoms with E-state index in [1.54, 1.807) is 0 Å². The monoisotopic (exact) mass is 391 g/mol. The van der Waals surface area contributed by atoms with Crippen molar-refractivity contribution in [3.05, 3.63) is 42.0 Å². The van der Waals surface area contributed by atoms with Crippen LogP contribution in [0.3, 0.4) is 0 Å². The molecule has 0 aromatic heterocycles. The molecule has 0 saturated heterocycles. The lowest BCUT2D eigenvalue weighted by Gasteiger charge is -2.30. The summed E-state index contributed by atoms with van der Waals surface area (Å²) in [5.41, 5.74) is 1.14. The van der Waals surface area contributed by atoms with E-state index in [2.05, 4.69) is 16.9 Å². The van der Waals surface area contributed by atoms with Crippen LogP contribution in [0, 0.1) is 24.7 Å². The molecule has 0 aliphatic heterocycles. The summed E-state index contributed by atoms with van der Waals surface area (Å²) in [6, 6.07) is 7.79. The average molecular weight is 392 g/mol. The van der Waals surface area contributed by atoms with E-state index in [-0.39, 0.29) is 12.5 Å². The van der Waals surface area contributed by atoms with Gasteiger partial charge >= 0.3 is 5.97 Å². The van der Waals surface area contributed by atoms with Crippen LogP contribution in [0.5, 0.6) is 5.75 Å². The first-order valence-electron chi connectivity index (χ1n) is 9.82. The van der Waals surface area contributed by atoms with Gasteiger partial charge < -0.3 is 9.29 Å². The quantitative estimate of drug-likeness (QED) is 0.464. The summed E-state index contributed by atoms with van der Waals surface area (Å²) < 4.78 is 21.2. The highest BCUT2D eigenvalue weighted by molar-refractivity contribution is 7.78. The second-order valence-electron chi connectivity index (χ2n) is 7.76. The van der Waals surface area contributed by atoms with Crippen molar-refractivity contribution in [3.63, 3.8) is 0 Å². The highest BCUT2D eigenvalue weighted by Crippen LogP contribution is 2.50. The fraction of sp³-hybridized carbons (Fsp3) is 0.571. The molecule has 2 N–H and O–H groups in total. The van der Waals surface area contributed by atoms with Crippen molar-refractivity contribution in [1.82, 2.24) is 4.72 Å². The molecule has 2 bridgehead atoms. The maximum atomic E-state index is 12.5. The lowest BCUT2D eigenvalue weighted by atomic mass is 9.83. The molecule has 148 valence electrons. The molecule has 2 aliphatic rings. The summed E-state index contributed by atoms with van der Waals surface area (Å²) in [6.45, 7) is 2.01. The van der Waals surface area contributed by atoms with Gasteiger partial charge in [0, 0.05) is 12.5 Å². The summed E-state index contributed by atoms with van der Waals surface area (Å²) in [7, 11) is 0. The van der Waals surface area contributed by atoms with E-state index in [4.69, 9.17) is 9.29 Å². The van der Waals surface area contributed by atoms with Crippen molar-refractivity contribution >= 4 is 17.2 Å². The van der Waals surface area contributed by atoms with E-state index in [0.717, 1.165) is 18.4 Å². The van der Waals surface area contributed by atoms with Crippen molar-refractivity contribution in [2.45, 2.75) is 57.9 Å². The number of carboxylic acids is 1. The summed E-state index contributed by atoms with van der Waals surface area (Å²) >= 11 is -1.54. The lowest BCUT2D eigenvalue weighted by Crippen LogP contribution is -2.42. The predicted octanol–water partition coefficient (Wildman–Crippen LogP) is 4.16. The summed E-state index contributed by atoms with van der Waals surface area (Å²) in [6.07, 6.45) is 10.6. The average Bonchev–Trinajstić information content (AvgIpc) is 3.22. The van der Waals surface area contributed by atoms with E-state index in [9.17, 15) is 9.00 Å². The summed E-state index contributed by atoms with van der Waals surface area (Å²) in [4.78, 5) is 10.5. The van der Waals surface area contributed by atoms with Crippen LogP contribution in [-0.2, 0) is 16.1 Å². The van der Waals surface area contributed by atoms with E-state index >= 15 is 0 Å². The van der Waals surface area contributed by atoms with Crippen LogP contribution in [0.1, 0.15) is 50.5 Å². The zero-order valence-corrected chi connectivity index (χ0v) is 16.6. The van der Waals surface area contributed by atoms with Crippen LogP contribution in [-0.4, -0.2) is 21.3 Å². The van der Waals surface area contributed by atoms with Gasteiger partial charge in [0.15, 0.2) is 0 Å². The van der Waals surface area contributed by atoms with Gasteiger partial charge in [-0.1, -0.05) is 29.8 Å². The Morgan fingerprint density at radius 2 is 2.00 bits per heavy atom. The van der Waals surface area contributed by atoms with Gasteiger partial charge in [0.1, 0.15) is 5.75 Å². The Hall–Kier alpha value is -1.66. The number of nitrogens with one attached hydrogen (secondary N) is 1. The number of allylic oxidation sites excluding steroid dienone is 2. The Morgan fingerprint density at radius 3 is 2.74 bits per heavy atom. The minimum absolute atomic E-state index is 0.220. The van der Waals surface area contributed by atoms with Crippen LogP contribution in [0.2, 0.25) is 0 Å². The molecule has 0 radical (unpaired) electrons. The molecule has 3 unspecified atom stereocenters. The molecule has 27 heavy (non-hydrogen) atoms. The Balaban J connectivity index is 1.50. The second kappa shape index (κ2) is 9.51. The Morgan fingerprint density at radius 1 is 1.26 bits per heavy atom. The van der Waals surface area contributed by atoms with E-state index < -0.39 is 17.2 Å². The Kier molecular flexibility index (Phi) is 7.07. The number of aryl methyl sites for hydroxylation is 1. The highest BCUT2D eigenvalue weighted by atomic mass is 32.2. The molecular formula is C21H29NO4S. The zero-order valence-electron chi connectivity index (χ0n) is 15.8. The molecule has 0 heterocycles. The highest BCUT2D eigenvalue weighted by Gasteiger charge is 2.47. The van der Waals surface area contributed by atoms with Gasteiger partial charge in [-0.3, -0.25) is 4.79 Å². The molecule has 3 rings (SSSR count). The van der Waals surface area contributed by atoms with E-state index in [1.807, 2.05) is 31.2 Å². The number of hydrogen-bond donors (Lipinski definition) is 2. The summed E-state index contributed by atoms with van der Waals surface area (Å²) in [5.74, 6) is 1.62. The fourth-order valence-electron chi connectivity index (χ4n) is 4.49. The molecular weight excluding hydrogens is 362 g/mol. The van der Waals surface area contributed by atoms with Crippen molar-refractivity contribution in [3.8, 4) is 5.75 Å². The van der Waals surface area contributed by atoms with E-state index in [1.165, 1.54) is 19.3 Å². The molecule has 1 aromatic carbocycles. The number of unbranched alkanes of at least 4 members (excludes halogenated alkanes) is 1. The van der Waals surface area contributed by atoms with Crippen molar-refractivity contribution < 1.29 is 18.3 Å². The molecule has 2 fully saturated rings. The molecule has 2 aliphatic carbocycles. The van der Waals surface area contributed by atoms with Gasteiger partial charge in [-0.05, 0) is 75.3 Å². The summed E-state index contributed by atoms with van der Waals surface area (Å²) in [5, 5.41) is 8.68.